The molecule has 0 aliphatic rings. The Labute approximate surface area is 126 Å². The third-order valence-electron chi connectivity index (χ3n) is 2.86. The number of aryl methyl sites for hydroxylation is 1. The van der Waals surface area contributed by atoms with E-state index in [-0.39, 0.29) is 11.3 Å². The Kier molecular flexibility index (Phi) is 4.67. The summed E-state index contributed by atoms with van der Waals surface area (Å²) in [6, 6.07) is 11.3. The van der Waals surface area contributed by atoms with Crippen molar-refractivity contribution < 1.29 is 14.3 Å². The summed E-state index contributed by atoms with van der Waals surface area (Å²) in [6.07, 6.45) is -0.994. The first-order valence-electron chi connectivity index (χ1n) is 6.58. The predicted octanol–water partition coefficient (Wildman–Crippen LogP) is 0.964. The van der Waals surface area contributed by atoms with Crippen LogP contribution in [0.25, 0.3) is 0 Å². The van der Waals surface area contributed by atoms with Crippen molar-refractivity contribution in [3.63, 3.8) is 0 Å². The molecular weight excluding hydrogens is 286 g/mol. The number of hydrogen-bond donors (Lipinski definition) is 1. The molecule has 2 rings (SSSR count). The topological polar surface area (TPSA) is 90.3 Å². The summed E-state index contributed by atoms with van der Waals surface area (Å²) in [7, 11) is 1.42. The molecule has 1 aromatic carbocycles. The second-order valence-corrected chi connectivity index (χ2v) is 4.58. The molecule has 0 saturated heterocycles. The molecular formula is C15H15N3O4. The highest BCUT2D eigenvalue weighted by atomic mass is 16.5. The number of aromatic nitrogens is 2. The van der Waals surface area contributed by atoms with Crippen molar-refractivity contribution in [2.24, 2.45) is 7.05 Å². The van der Waals surface area contributed by atoms with E-state index in [1.807, 2.05) is 6.07 Å². The minimum absolute atomic E-state index is 0.0403. The lowest BCUT2D eigenvalue weighted by molar-refractivity contribution is -0.123. The van der Waals surface area contributed by atoms with Gasteiger partial charge in [0.2, 0.25) is 0 Å². The van der Waals surface area contributed by atoms with Gasteiger partial charge >= 0.3 is 5.97 Å². The van der Waals surface area contributed by atoms with Crippen molar-refractivity contribution >= 4 is 17.6 Å². The number of hydrogen-bond acceptors (Lipinski definition) is 5. The van der Waals surface area contributed by atoms with E-state index in [1.165, 1.54) is 26.1 Å². The lowest BCUT2D eigenvalue weighted by Gasteiger charge is -2.13. The Hall–Kier alpha value is -2.96. The molecule has 0 spiro atoms. The number of carbonyl (C=O) groups excluding carboxylic acids is 2. The number of anilines is 1. The lowest BCUT2D eigenvalue weighted by atomic mass is 10.3. The van der Waals surface area contributed by atoms with Gasteiger partial charge in [-0.3, -0.25) is 9.59 Å². The minimum Gasteiger partial charge on any atom is -0.448 e. The third-order valence-corrected chi connectivity index (χ3v) is 2.86. The lowest BCUT2D eigenvalue weighted by Crippen LogP contribution is -2.31. The summed E-state index contributed by atoms with van der Waals surface area (Å²) >= 11 is 0. The van der Waals surface area contributed by atoms with Crippen LogP contribution in [0.1, 0.15) is 17.4 Å². The summed E-state index contributed by atoms with van der Waals surface area (Å²) in [5, 5.41) is 6.39. The molecule has 0 aliphatic heterocycles. The average Bonchev–Trinajstić information content (AvgIpc) is 2.50. The van der Waals surface area contributed by atoms with E-state index in [0.717, 1.165) is 4.68 Å². The molecule has 0 aliphatic carbocycles. The van der Waals surface area contributed by atoms with E-state index in [1.54, 1.807) is 24.3 Å². The van der Waals surface area contributed by atoms with Crippen LogP contribution in [0.4, 0.5) is 5.69 Å². The van der Waals surface area contributed by atoms with Gasteiger partial charge in [0, 0.05) is 18.8 Å². The van der Waals surface area contributed by atoms with Crippen LogP contribution < -0.4 is 10.9 Å². The van der Waals surface area contributed by atoms with Gasteiger partial charge < -0.3 is 10.1 Å². The highest BCUT2D eigenvalue weighted by Crippen LogP contribution is 2.07. The van der Waals surface area contributed by atoms with Gasteiger partial charge in [0.25, 0.3) is 11.5 Å². The monoisotopic (exact) mass is 301 g/mol. The van der Waals surface area contributed by atoms with E-state index < -0.39 is 18.0 Å². The van der Waals surface area contributed by atoms with Crippen LogP contribution in [-0.2, 0) is 16.6 Å². The first-order valence-corrected chi connectivity index (χ1v) is 6.58. The normalized spacial score (nSPS) is 11.5. The molecule has 1 N–H and O–H groups in total. The Morgan fingerprint density at radius 3 is 2.50 bits per heavy atom. The van der Waals surface area contributed by atoms with E-state index in [0.29, 0.717) is 5.69 Å². The first-order chi connectivity index (χ1) is 10.5. The number of ether oxygens (including phenoxy) is 1. The van der Waals surface area contributed by atoms with Crippen LogP contribution in [0.3, 0.4) is 0 Å². The number of carbonyl (C=O) groups is 2. The Morgan fingerprint density at radius 1 is 1.18 bits per heavy atom. The molecule has 0 radical (unpaired) electrons. The average molecular weight is 301 g/mol. The molecule has 1 amide bonds. The molecule has 7 nitrogen and oxygen atoms in total. The Bertz CT molecular complexity index is 740. The minimum atomic E-state index is -0.994. The number of para-hydroxylation sites is 1. The zero-order valence-corrected chi connectivity index (χ0v) is 12.1. The van der Waals surface area contributed by atoms with Crippen molar-refractivity contribution in [2.75, 3.05) is 5.32 Å². The Balaban J connectivity index is 2.00. The number of amides is 1. The summed E-state index contributed by atoms with van der Waals surface area (Å²) < 4.78 is 6.06. The third kappa shape index (κ3) is 3.78. The van der Waals surface area contributed by atoms with Gasteiger partial charge in [0.05, 0.1) is 0 Å². The van der Waals surface area contributed by atoms with Crippen molar-refractivity contribution in [3.05, 3.63) is 58.5 Å². The van der Waals surface area contributed by atoms with Crippen LogP contribution in [0.2, 0.25) is 0 Å². The second kappa shape index (κ2) is 6.66. The van der Waals surface area contributed by atoms with Gasteiger partial charge in [-0.1, -0.05) is 18.2 Å². The van der Waals surface area contributed by atoms with Gasteiger partial charge in [0.1, 0.15) is 0 Å². The molecule has 2 aromatic rings. The molecule has 114 valence electrons. The van der Waals surface area contributed by atoms with Crippen LogP contribution in [0, 0.1) is 0 Å². The first kappa shape index (κ1) is 15.4. The zero-order chi connectivity index (χ0) is 16.1. The van der Waals surface area contributed by atoms with Crippen LogP contribution >= 0.6 is 0 Å². The maximum absolute atomic E-state index is 11.9. The SMILES string of the molecule is CC(OC(=O)c1ccc(=O)n(C)n1)C(=O)Nc1ccccc1. The fourth-order valence-corrected chi connectivity index (χ4v) is 1.65. The van der Waals surface area contributed by atoms with Gasteiger partial charge in [-0.2, -0.15) is 5.10 Å². The molecule has 1 heterocycles. The molecule has 0 fully saturated rings. The highest BCUT2D eigenvalue weighted by molar-refractivity contribution is 5.96. The zero-order valence-electron chi connectivity index (χ0n) is 12.1. The second-order valence-electron chi connectivity index (χ2n) is 4.58. The van der Waals surface area contributed by atoms with E-state index in [9.17, 15) is 14.4 Å². The fraction of sp³-hybridized carbons (Fsp3) is 0.200. The predicted molar refractivity (Wildman–Crippen MR) is 79.4 cm³/mol. The number of esters is 1. The van der Waals surface area contributed by atoms with Gasteiger partial charge in [-0.05, 0) is 25.1 Å². The van der Waals surface area contributed by atoms with Crippen molar-refractivity contribution in [3.8, 4) is 0 Å². The van der Waals surface area contributed by atoms with E-state index in [2.05, 4.69) is 10.4 Å². The van der Waals surface area contributed by atoms with Crippen molar-refractivity contribution in [1.82, 2.24) is 9.78 Å². The van der Waals surface area contributed by atoms with Crippen LogP contribution in [-0.4, -0.2) is 27.8 Å². The van der Waals surface area contributed by atoms with Crippen molar-refractivity contribution in [2.45, 2.75) is 13.0 Å². The van der Waals surface area contributed by atoms with Crippen LogP contribution in [0.5, 0.6) is 0 Å². The van der Waals surface area contributed by atoms with E-state index in [4.69, 9.17) is 4.74 Å². The van der Waals surface area contributed by atoms with Gasteiger partial charge in [0.15, 0.2) is 11.8 Å². The summed E-state index contributed by atoms with van der Waals surface area (Å²) in [6.45, 7) is 1.46. The quantitative estimate of drug-likeness (QED) is 0.850. The Morgan fingerprint density at radius 2 is 1.86 bits per heavy atom. The highest BCUT2D eigenvalue weighted by Gasteiger charge is 2.20. The number of benzene rings is 1. The molecule has 1 unspecified atom stereocenters. The van der Waals surface area contributed by atoms with E-state index >= 15 is 0 Å². The fourth-order valence-electron chi connectivity index (χ4n) is 1.65. The maximum Gasteiger partial charge on any atom is 0.359 e. The number of nitrogens with zero attached hydrogens (tertiary/aromatic N) is 2. The number of nitrogens with one attached hydrogen (secondary N) is 1. The molecule has 0 saturated carbocycles. The molecule has 22 heavy (non-hydrogen) atoms. The van der Waals surface area contributed by atoms with Crippen molar-refractivity contribution in [1.29, 1.82) is 0 Å². The molecule has 0 bridgehead atoms. The maximum atomic E-state index is 11.9. The largest absolute Gasteiger partial charge is 0.448 e. The number of rotatable bonds is 4. The summed E-state index contributed by atoms with van der Waals surface area (Å²) in [5.74, 6) is -1.23. The standard InChI is InChI=1S/C15H15N3O4/c1-10(14(20)16-11-6-4-3-5-7-11)22-15(21)12-8-9-13(19)18(2)17-12/h3-10H,1-2H3,(H,16,20). The summed E-state index contributed by atoms with van der Waals surface area (Å²) in [4.78, 5) is 35.0. The molecule has 1 aromatic heterocycles. The van der Waals surface area contributed by atoms with Gasteiger partial charge in [-0.25, -0.2) is 9.48 Å². The summed E-state index contributed by atoms with van der Waals surface area (Å²) in [5.41, 5.74) is 0.225. The molecule has 7 heteroatoms. The van der Waals surface area contributed by atoms with Gasteiger partial charge in [-0.15, -0.1) is 0 Å². The van der Waals surface area contributed by atoms with Crippen LogP contribution in [0.15, 0.2) is 47.3 Å². The smallest absolute Gasteiger partial charge is 0.359 e. The molecule has 1 atom stereocenters.